The molecule has 1 N–H and O–H groups in total. The van der Waals surface area contributed by atoms with Gasteiger partial charge in [-0.05, 0) is 45.4 Å². The number of hydrogen-bond acceptors (Lipinski definition) is 4. The number of aromatic nitrogens is 2. The summed E-state index contributed by atoms with van der Waals surface area (Å²) in [5.41, 5.74) is 1.20. The van der Waals surface area contributed by atoms with E-state index in [9.17, 15) is 0 Å². The number of nitrogens with zero attached hydrogens (tertiary/aromatic N) is 3. The topological polar surface area (TPSA) is 41.1 Å². The molecule has 1 aliphatic carbocycles. The van der Waals surface area contributed by atoms with Gasteiger partial charge in [0.25, 0.3) is 0 Å². The number of hydrogen-bond donors (Lipinski definition) is 1. The van der Waals surface area contributed by atoms with Crippen LogP contribution in [0.1, 0.15) is 43.5 Å². The Labute approximate surface area is 115 Å². The summed E-state index contributed by atoms with van der Waals surface area (Å²) in [6.07, 6.45) is 6.83. The van der Waals surface area contributed by atoms with Crippen molar-refractivity contribution in [3.8, 4) is 0 Å². The smallest absolute Gasteiger partial charge is 0.137 e. The molecule has 2 aliphatic rings. The molecule has 3 rings (SSSR count). The Morgan fingerprint density at radius 2 is 1.89 bits per heavy atom. The largest absolute Gasteiger partial charge is 0.373 e. The van der Waals surface area contributed by atoms with Crippen LogP contribution in [-0.2, 0) is 0 Å². The molecule has 0 aromatic carbocycles. The maximum absolute atomic E-state index is 4.74. The average Bonchev–Trinajstić information content (AvgIpc) is 2.89. The van der Waals surface area contributed by atoms with Gasteiger partial charge in [0.15, 0.2) is 0 Å². The minimum atomic E-state index is 0.714. The third-order valence-electron chi connectivity index (χ3n) is 4.73. The Balaban J connectivity index is 1.98. The Hall–Kier alpha value is -1.32. The summed E-state index contributed by atoms with van der Waals surface area (Å²) < 4.78 is 0. The van der Waals surface area contributed by atoms with E-state index in [-0.39, 0.29) is 0 Å². The fourth-order valence-electron chi connectivity index (χ4n) is 3.85. The van der Waals surface area contributed by atoms with E-state index in [1.807, 2.05) is 14.0 Å². The minimum absolute atomic E-state index is 0.714. The van der Waals surface area contributed by atoms with Crippen molar-refractivity contribution in [2.24, 2.45) is 5.92 Å². The predicted octanol–water partition coefficient (Wildman–Crippen LogP) is 2.90. The summed E-state index contributed by atoms with van der Waals surface area (Å²) in [6.45, 7) is 5.28. The quantitative estimate of drug-likeness (QED) is 0.887. The molecule has 0 spiro atoms. The van der Waals surface area contributed by atoms with Gasteiger partial charge < -0.3 is 10.2 Å². The van der Waals surface area contributed by atoms with E-state index in [1.54, 1.807) is 0 Å². The van der Waals surface area contributed by atoms with Gasteiger partial charge in [-0.3, -0.25) is 0 Å². The summed E-state index contributed by atoms with van der Waals surface area (Å²) in [7, 11) is 1.94. The van der Waals surface area contributed by atoms with Crippen LogP contribution in [0.2, 0.25) is 0 Å². The lowest BCUT2D eigenvalue weighted by molar-refractivity contribution is 0.360. The standard InChI is InChI=1S/C15H24N4/c1-10-14(16-3)17-11(2)18-15(10)19-9-5-7-12-6-4-8-13(12)19/h12-13H,4-9H2,1-3H3,(H,16,17,18). The summed E-state index contributed by atoms with van der Waals surface area (Å²) in [6, 6.07) is 0.714. The summed E-state index contributed by atoms with van der Waals surface area (Å²) >= 11 is 0. The van der Waals surface area contributed by atoms with Gasteiger partial charge in [0, 0.05) is 25.2 Å². The van der Waals surface area contributed by atoms with Crippen molar-refractivity contribution < 1.29 is 0 Å². The lowest BCUT2D eigenvalue weighted by Crippen LogP contribution is -2.43. The summed E-state index contributed by atoms with van der Waals surface area (Å²) in [5, 5.41) is 3.20. The second-order valence-corrected chi connectivity index (χ2v) is 5.91. The van der Waals surface area contributed by atoms with E-state index >= 15 is 0 Å². The van der Waals surface area contributed by atoms with Crippen molar-refractivity contribution in [2.75, 3.05) is 23.8 Å². The minimum Gasteiger partial charge on any atom is -0.373 e. The van der Waals surface area contributed by atoms with Gasteiger partial charge in [-0.15, -0.1) is 0 Å². The normalized spacial score (nSPS) is 26.4. The van der Waals surface area contributed by atoms with Gasteiger partial charge in [-0.1, -0.05) is 6.42 Å². The molecule has 4 heteroatoms. The summed E-state index contributed by atoms with van der Waals surface area (Å²) in [4.78, 5) is 11.8. The first-order valence-corrected chi connectivity index (χ1v) is 7.50. The first-order valence-electron chi connectivity index (χ1n) is 7.50. The van der Waals surface area contributed by atoms with E-state index in [2.05, 4.69) is 22.1 Å². The Bertz CT molecular complexity index is 471. The van der Waals surface area contributed by atoms with Crippen molar-refractivity contribution >= 4 is 11.6 Å². The molecule has 1 aromatic rings. The van der Waals surface area contributed by atoms with Gasteiger partial charge in [-0.2, -0.15) is 0 Å². The van der Waals surface area contributed by atoms with E-state index in [0.717, 1.165) is 29.9 Å². The molecule has 19 heavy (non-hydrogen) atoms. The first-order chi connectivity index (χ1) is 9.20. The fourth-order valence-corrected chi connectivity index (χ4v) is 3.85. The second kappa shape index (κ2) is 4.99. The van der Waals surface area contributed by atoms with Crippen molar-refractivity contribution in [2.45, 2.75) is 52.0 Å². The molecule has 0 bridgehead atoms. The van der Waals surface area contributed by atoms with Crippen molar-refractivity contribution in [1.29, 1.82) is 0 Å². The molecule has 0 radical (unpaired) electrons. The van der Waals surface area contributed by atoms with E-state index in [0.29, 0.717) is 6.04 Å². The number of aryl methyl sites for hydroxylation is 1. The number of rotatable bonds is 2. The molecule has 104 valence electrons. The lowest BCUT2D eigenvalue weighted by atomic mass is 9.91. The predicted molar refractivity (Wildman–Crippen MR) is 78.8 cm³/mol. The highest BCUT2D eigenvalue weighted by Crippen LogP contribution is 2.40. The molecular weight excluding hydrogens is 236 g/mol. The highest BCUT2D eigenvalue weighted by molar-refractivity contribution is 5.59. The first kappa shape index (κ1) is 12.7. The molecule has 0 amide bonds. The maximum atomic E-state index is 4.74. The number of piperidine rings is 1. The van der Waals surface area contributed by atoms with Gasteiger partial charge in [0.2, 0.25) is 0 Å². The molecule has 1 saturated heterocycles. The van der Waals surface area contributed by atoms with Crippen LogP contribution in [0.4, 0.5) is 11.6 Å². The van der Waals surface area contributed by atoms with Crippen LogP contribution in [0.15, 0.2) is 0 Å². The van der Waals surface area contributed by atoms with Gasteiger partial charge in [0.05, 0.1) is 0 Å². The molecule has 2 fully saturated rings. The highest BCUT2D eigenvalue weighted by Gasteiger charge is 2.36. The van der Waals surface area contributed by atoms with Crippen molar-refractivity contribution in [1.82, 2.24) is 9.97 Å². The number of fused-ring (bicyclic) bond motifs is 1. The molecule has 2 unspecified atom stereocenters. The van der Waals surface area contributed by atoms with Crippen LogP contribution in [0.5, 0.6) is 0 Å². The third kappa shape index (κ3) is 2.17. The molecule has 1 aliphatic heterocycles. The van der Waals surface area contributed by atoms with Crippen LogP contribution in [-0.4, -0.2) is 29.6 Å². The average molecular weight is 260 g/mol. The van der Waals surface area contributed by atoms with Crippen LogP contribution in [0, 0.1) is 19.8 Å². The Morgan fingerprint density at radius 3 is 2.68 bits per heavy atom. The summed E-state index contributed by atoms with van der Waals surface area (Å²) in [5.74, 6) is 3.89. The zero-order valence-electron chi connectivity index (χ0n) is 12.2. The van der Waals surface area contributed by atoms with Crippen LogP contribution in [0.3, 0.4) is 0 Å². The third-order valence-corrected chi connectivity index (χ3v) is 4.73. The molecule has 2 heterocycles. The van der Waals surface area contributed by atoms with E-state index in [1.165, 1.54) is 37.7 Å². The van der Waals surface area contributed by atoms with E-state index in [4.69, 9.17) is 4.98 Å². The zero-order chi connectivity index (χ0) is 13.4. The van der Waals surface area contributed by atoms with Crippen molar-refractivity contribution in [3.05, 3.63) is 11.4 Å². The van der Waals surface area contributed by atoms with Gasteiger partial charge in [-0.25, -0.2) is 9.97 Å². The number of nitrogens with one attached hydrogen (secondary N) is 1. The van der Waals surface area contributed by atoms with Gasteiger partial charge >= 0.3 is 0 Å². The van der Waals surface area contributed by atoms with Crippen LogP contribution < -0.4 is 10.2 Å². The molecular formula is C15H24N4. The second-order valence-electron chi connectivity index (χ2n) is 5.91. The SMILES string of the molecule is CNc1nc(C)nc(N2CCCC3CCCC32)c1C. The molecule has 1 saturated carbocycles. The molecule has 1 aromatic heterocycles. The Kier molecular flexibility index (Phi) is 3.33. The molecule has 4 nitrogen and oxygen atoms in total. The molecule has 2 atom stereocenters. The lowest BCUT2D eigenvalue weighted by Gasteiger charge is -2.39. The Morgan fingerprint density at radius 1 is 1.11 bits per heavy atom. The maximum Gasteiger partial charge on any atom is 0.137 e. The zero-order valence-corrected chi connectivity index (χ0v) is 12.2. The van der Waals surface area contributed by atoms with Crippen LogP contribution >= 0.6 is 0 Å². The van der Waals surface area contributed by atoms with Gasteiger partial charge in [0.1, 0.15) is 17.5 Å². The van der Waals surface area contributed by atoms with E-state index < -0.39 is 0 Å². The monoisotopic (exact) mass is 260 g/mol. The fraction of sp³-hybridized carbons (Fsp3) is 0.733. The van der Waals surface area contributed by atoms with Crippen molar-refractivity contribution in [3.63, 3.8) is 0 Å². The number of anilines is 2. The van der Waals surface area contributed by atoms with Crippen LogP contribution in [0.25, 0.3) is 0 Å². The highest BCUT2D eigenvalue weighted by atomic mass is 15.2.